The molecule has 0 aromatic carbocycles. The van der Waals surface area contributed by atoms with E-state index in [-0.39, 0.29) is 6.61 Å². The Labute approximate surface area is 81.4 Å². The van der Waals surface area contributed by atoms with E-state index in [1.807, 2.05) is 0 Å². The normalized spacial score (nSPS) is 26.8. The van der Waals surface area contributed by atoms with Crippen molar-refractivity contribution in [1.29, 1.82) is 0 Å². The van der Waals surface area contributed by atoms with Crippen LogP contribution in [-0.4, -0.2) is 37.9 Å². The summed E-state index contributed by atoms with van der Waals surface area (Å²) in [6, 6.07) is 0. The van der Waals surface area contributed by atoms with Gasteiger partial charge in [0.15, 0.2) is 5.60 Å². The van der Waals surface area contributed by atoms with Crippen LogP contribution in [-0.2, 0) is 23.9 Å². The maximum absolute atomic E-state index is 11.3. The highest BCUT2D eigenvalue weighted by atomic mass is 16.6. The van der Waals surface area contributed by atoms with Gasteiger partial charge in [0, 0.05) is 5.92 Å². The van der Waals surface area contributed by atoms with E-state index in [2.05, 4.69) is 4.74 Å². The van der Waals surface area contributed by atoms with Crippen molar-refractivity contribution < 1.29 is 23.9 Å². The molecule has 0 radical (unpaired) electrons. The van der Waals surface area contributed by atoms with Crippen LogP contribution in [0, 0.1) is 11.8 Å². The molecule has 1 rings (SSSR count). The third-order valence-corrected chi connectivity index (χ3v) is 2.61. The Morgan fingerprint density at radius 3 is 2.29 bits per heavy atom. The van der Waals surface area contributed by atoms with Crippen LogP contribution in [0.15, 0.2) is 0 Å². The molecule has 0 aliphatic carbocycles. The van der Waals surface area contributed by atoms with Crippen molar-refractivity contribution in [2.24, 2.45) is 11.8 Å². The first-order chi connectivity index (χ1) is 6.62. The molecule has 1 aliphatic heterocycles. The zero-order chi connectivity index (χ0) is 10.8. The standard InChI is InChI=1S/C9H12O5/c1-6(7(3-10)4-11)9(5-14-9)8(12)13-2/h3-4,6-7H,5H2,1-2H3/t6-,9-/m1/s1. The first-order valence-electron chi connectivity index (χ1n) is 4.25. The van der Waals surface area contributed by atoms with E-state index in [4.69, 9.17) is 4.74 Å². The van der Waals surface area contributed by atoms with E-state index >= 15 is 0 Å². The summed E-state index contributed by atoms with van der Waals surface area (Å²) < 4.78 is 9.54. The van der Waals surface area contributed by atoms with Crippen molar-refractivity contribution in [3.05, 3.63) is 0 Å². The number of esters is 1. The minimum Gasteiger partial charge on any atom is -0.467 e. The Morgan fingerprint density at radius 1 is 1.50 bits per heavy atom. The molecule has 1 heterocycles. The zero-order valence-corrected chi connectivity index (χ0v) is 8.06. The second kappa shape index (κ2) is 3.88. The number of ether oxygens (including phenoxy) is 2. The van der Waals surface area contributed by atoms with E-state index < -0.39 is 23.4 Å². The molecule has 5 nitrogen and oxygen atoms in total. The van der Waals surface area contributed by atoms with Crippen molar-refractivity contribution in [2.45, 2.75) is 12.5 Å². The largest absolute Gasteiger partial charge is 0.467 e. The van der Waals surface area contributed by atoms with Crippen molar-refractivity contribution in [3.8, 4) is 0 Å². The average Bonchev–Trinajstić information content (AvgIpc) is 2.99. The summed E-state index contributed by atoms with van der Waals surface area (Å²) in [7, 11) is 1.25. The molecule has 0 amide bonds. The first-order valence-corrected chi connectivity index (χ1v) is 4.25. The monoisotopic (exact) mass is 200 g/mol. The summed E-state index contributed by atoms with van der Waals surface area (Å²) in [6.07, 6.45) is 1.04. The molecule has 1 fully saturated rings. The van der Waals surface area contributed by atoms with Gasteiger partial charge in [-0.15, -0.1) is 0 Å². The van der Waals surface area contributed by atoms with Crippen LogP contribution in [0.2, 0.25) is 0 Å². The van der Waals surface area contributed by atoms with E-state index in [1.54, 1.807) is 6.92 Å². The summed E-state index contributed by atoms with van der Waals surface area (Å²) in [5.74, 6) is -1.83. The Balaban J connectivity index is 2.77. The Morgan fingerprint density at radius 2 is 2.00 bits per heavy atom. The molecule has 0 aromatic rings. The van der Waals surface area contributed by atoms with Crippen molar-refractivity contribution in [1.82, 2.24) is 0 Å². The number of methoxy groups -OCH3 is 1. The fourth-order valence-electron chi connectivity index (χ4n) is 1.40. The summed E-state index contributed by atoms with van der Waals surface area (Å²) in [4.78, 5) is 32.3. The minimum atomic E-state index is -1.08. The molecule has 1 aliphatic rings. The SMILES string of the molecule is COC(=O)[C@]1([C@H](C)C(C=O)C=O)CO1. The summed E-state index contributed by atoms with van der Waals surface area (Å²) in [6.45, 7) is 1.83. The van der Waals surface area contributed by atoms with Crippen LogP contribution in [0.1, 0.15) is 6.92 Å². The number of carbonyl (C=O) groups excluding carboxylic acids is 3. The Hall–Kier alpha value is -1.23. The van der Waals surface area contributed by atoms with Gasteiger partial charge in [-0.05, 0) is 0 Å². The van der Waals surface area contributed by atoms with Gasteiger partial charge in [-0.3, -0.25) is 0 Å². The predicted molar refractivity (Wildman–Crippen MR) is 45.5 cm³/mol. The second-order valence-corrected chi connectivity index (χ2v) is 3.31. The molecule has 5 heteroatoms. The quantitative estimate of drug-likeness (QED) is 0.261. The van der Waals surface area contributed by atoms with Crippen LogP contribution < -0.4 is 0 Å². The number of rotatable bonds is 5. The van der Waals surface area contributed by atoms with Crippen LogP contribution in [0.25, 0.3) is 0 Å². The number of epoxide rings is 1. The number of aldehydes is 2. The molecular weight excluding hydrogens is 188 g/mol. The topological polar surface area (TPSA) is 73.0 Å². The smallest absolute Gasteiger partial charge is 0.340 e. The van der Waals surface area contributed by atoms with Gasteiger partial charge >= 0.3 is 5.97 Å². The second-order valence-electron chi connectivity index (χ2n) is 3.31. The highest BCUT2D eigenvalue weighted by molar-refractivity contribution is 5.86. The molecule has 0 unspecified atom stereocenters. The van der Waals surface area contributed by atoms with E-state index in [9.17, 15) is 14.4 Å². The van der Waals surface area contributed by atoms with E-state index in [1.165, 1.54) is 7.11 Å². The molecule has 0 bridgehead atoms. The molecular formula is C9H12O5. The van der Waals surface area contributed by atoms with Gasteiger partial charge in [-0.25, -0.2) is 4.79 Å². The highest BCUT2D eigenvalue weighted by Gasteiger charge is 2.59. The zero-order valence-electron chi connectivity index (χ0n) is 8.06. The van der Waals surface area contributed by atoms with Gasteiger partial charge in [-0.1, -0.05) is 6.92 Å². The van der Waals surface area contributed by atoms with Crippen molar-refractivity contribution in [3.63, 3.8) is 0 Å². The van der Waals surface area contributed by atoms with Gasteiger partial charge in [0.05, 0.1) is 19.6 Å². The summed E-state index contributed by atoms with van der Waals surface area (Å²) in [5.41, 5.74) is -1.08. The lowest BCUT2D eigenvalue weighted by Gasteiger charge is -2.19. The molecule has 14 heavy (non-hydrogen) atoms. The fourth-order valence-corrected chi connectivity index (χ4v) is 1.40. The maximum Gasteiger partial charge on any atom is 0.340 e. The molecule has 78 valence electrons. The Kier molecular flexibility index (Phi) is 3.00. The predicted octanol–water partition coefficient (Wildman–Crippen LogP) is -0.422. The Bertz CT molecular complexity index is 248. The average molecular weight is 200 g/mol. The molecule has 0 N–H and O–H groups in total. The van der Waals surface area contributed by atoms with Crippen molar-refractivity contribution >= 4 is 18.5 Å². The minimum absolute atomic E-state index is 0.207. The molecule has 0 saturated carbocycles. The van der Waals surface area contributed by atoms with Gasteiger partial charge in [0.2, 0.25) is 0 Å². The third-order valence-electron chi connectivity index (χ3n) is 2.61. The lowest BCUT2D eigenvalue weighted by atomic mass is 9.84. The molecule has 0 spiro atoms. The number of hydrogen-bond acceptors (Lipinski definition) is 5. The van der Waals surface area contributed by atoms with Crippen LogP contribution in [0.3, 0.4) is 0 Å². The van der Waals surface area contributed by atoms with Gasteiger partial charge in [0.1, 0.15) is 12.6 Å². The third kappa shape index (κ3) is 1.55. The maximum atomic E-state index is 11.3. The van der Waals surface area contributed by atoms with E-state index in [0.29, 0.717) is 12.6 Å². The molecule has 1 saturated heterocycles. The summed E-state index contributed by atoms with van der Waals surface area (Å²) >= 11 is 0. The van der Waals surface area contributed by atoms with Crippen LogP contribution in [0.4, 0.5) is 0 Å². The van der Waals surface area contributed by atoms with Crippen LogP contribution in [0.5, 0.6) is 0 Å². The fraction of sp³-hybridized carbons (Fsp3) is 0.667. The first kappa shape index (κ1) is 10.8. The molecule has 0 aromatic heterocycles. The lowest BCUT2D eigenvalue weighted by molar-refractivity contribution is -0.150. The van der Waals surface area contributed by atoms with E-state index in [0.717, 1.165) is 0 Å². The number of carbonyl (C=O) groups is 3. The highest BCUT2D eigenvalue weighted by Crippen LogP contribution is 2.39. The lowest BCUT2D eigenvalue weighted by Crippen LogP contribution is -2.38. The van der Waals surface area contributed by atoms with Gasteiger partial charge in [-0.2, -0.15) is 0 Å². The number of hydrogen-bond donors (Lipinski definition) is 0. The summed E-state index contributed by atoms with van der Waals surface area (Å²) in [5, 5.41) is 0. The van der Waals surface area contributed by atoms with Crippen LogP contribution >= 0.6 is 0 Å². The van der Waals surface area contributed by atoms with Gasteiger partial charge < -0.3 is 19.1 Å². The molecule has 2 atom stereocenters. The van der Waals surface area contributed by atoms with Gasteiger partial charge in [0.25, 0.3) is 0 Å². The van der Waals surface area contributed by atoms with Crippen molar-refractivity contribution in [2.75, 3.05) is 13.7 Å².